The molecule has 1 aliphatic rings. The predicted octanol–water partition coefficient (Wildman–Crippen LogP) is 3.08. The molecular weight excluding hydrogens is 276 g/mol. The Kier molecular flexibility index (Phi) is 4.93. The SMILES string of the molecule is CCCO[C@@H]1CCCN(c2cc(CCC)nc3ccnn23)C1. The van der Waals surface area contributed by atoms with Crippen LogP contribution < -0.4 is 4.90 Å². The number of aromatic nitrogens is 3. The van der Waals surface area contributed by atoms with Crippen LogP contribution in [0.15, 0.2) is 18.3 Å². The number of rotatable bonds is 6. The fraction of sp³-hybridized carbons (Fsp3) is 0.647. The number of piperidine rings is 1. The molecule has 0 bridgehead atoms. The van der Waals surface area contributed by atoms with Gasteiger partial charge in [0.1, 0.15) is 5.82 Å². The van der Waals surface area contributed by atoms with Crippen LogP contribution in [0.2, 0.25) is 0 Å². The molecule has 1 aliphatic heterocycles. The summed E-state index contributed by atoms with van der Waals surface area (Å²) in [5.41, 5.74) is 2.10. The first-order valence-corrected chi connectivity index (χ1v) is 8.52. The Morgan fingerprint density at radius 3 is 3.05 bits per heavy atom. The molecule has 1 saturated heterocycles. The maximum Gasteiger partial charge on any atom is 0.157 e. The van der Waals surface area contributed by atoms with E-state index in [-0.39, 0.29) is 0 Å². The molecule has 1 fully saturated rings. The highest BCUT2D eigenvalue weighted by atomic mass is 16.5. The zero-order chi connectivity index (χ0) is 15.4. The lowest BCUT2D eigenvalue weighted by molar-refractivity contribution is 0.0438. The Morgan fingerprint density at radius 2 is 2.23 bits per heavy atom. The molecule has 120 valence electrons. The van der Waals surface area contributed by atoms with Gasteiger partial charge in [-0.1, -0.05) is 20.3 Å². The lowest BCUT2D eigenvalue weighted by atomic mass is 10.1. The van der Waals surface area contributed by atoms with Crippen LogP contribution >= 0.6 is 0 Å². The van der Waals surface area contributed by atoms with Gasteiger partial charge in [-0.2, -0.15) is 9.61 Å². The number of nitrogens with zero attached hydrogens (tertiary/aromatic N) is 4. The van der Waals surface area contributed by atoms with Crippen molar-refractivity contribution < 1.29 is 4.74 Å². The average Bonchev–Trinajstić information content (AvgIpc) is 3.01. The van der Waals surface area contributed by atoms with Gasteiger partial charge in [-0.05, 0) is 25.7 Å². The molecule has 0 unspecified atom stereocenters. The van der Waals surface area contributed by atoms with Crippen molar-refractivity contribution in [3.63, 3.8) is 0 Å². The number of aryl methyl sites for hydroxylation is 1. The van der Waals surface area contributed by atoms with Gasteiger partial charge in [0, 0.05) is 37.5 Å². The summed E-state index contributed by atoms with van der Waals surface area (Å²) in [6.07, 6.45) is 7.69. The zero-order valence-electron chi connectivity index (χ0n) is 13.7. The van der Waals surface area contributed by atoms with Gasteiger partial charge in [0.15, 0.2) is 5.65 Å². The second-order valence-electron chi connectivity index (χ2n) is 6.04. The van der Waals surface area contributed by atoms with Crippen LogP contribution in [0.3, 0.4) is 0 Å². The van der Waals surface area contributed by atoms with Gasteiger partial charge in [0.05, 0.1) is 12.3 Å². The summed E-state index contributed by atoms with van der Waals surface area (Å²) in [6, 6.07) is 4.18. The summed E-state index contributed by atoms with van der Waals surface area (Å²) in [6.45, 7) is 7.22. The van der Waals surface area contributed by atoms with Crippen LogP contribution in [0.4, 0.5) is 5.82 Å². The van der Waals surface area contributed by atoms with E-state index in [1.54, 1.807) is 0 Å². The number of fused-ring (bicyclic) bond motifs is 1. The minimum atomic E-state index is 0.335. The van der Waals surface area contributed by atoms with E-state index in [9.17, 15) is 0 Å². The Bertz CT molecular complexity index is 610. The third kappa shape index (κ3) is 3.24. The molecule has 0 saturated carbocycles. The molecule has 0 radical (unpaired) electrons. The van der Waals surface area contributed by atoms with Crippen LogP contribution in [0.5, 0.6) is 0 Å². The maximum atomic E-state index is 5.97. The standard InChI is InChI=1S/C17H26N4O/c1-3-6-14-12-17(21-16(19-14)8-9-18-21)20-10-5-7-15(13-20)22-11-4-2/h8-9,12,15H,3-7,10-11,13H2,1-2H3/t15-/m1/s1. The second kappa shape index (κ2) is 7.09. The first kappa shape index (κ1) is 15.3. The fourth-order valence-corrected chi connectivity index (χ4v) is 3.12. The Balaban J connectivity index is 1.86. The van der Waals surface area contributed by atoms with Crippen molar-refractivity contribution in [2.45, 2.75) is 52.1 Å². The van der Waals surface area contributed by atoms with E-state index in [0.29, 0.717) is 6.10 Å². The van der Waals surface area contributed by atoms with E-state index >= 15 is 0 Å². The Morgan fingerprint density at radius 1 is 1.32 bits per heavy atom. The molecule has 0 aliphatic carbocycles. The molecule has 0 spiro atoms. The smallest absolute Gasteiger partial charge is 0.157 e. The van der Waals surface area contributed by atoms with Gasteiger partial charge in [-0.3, -0.25) is 0 Å². The lowest BCUT2D eigenvalue weighted by Gasteiger charge is -2.34. The van der Waals surface area contributed by atoms with Gasteiger partial charge >= 0.3 is 0 Å². The minimum absolute atomic E-state index is 0.335. The molecule has 3 rings (SSSR count). The van der Waals surface area contributed by atoms with E-state index in [4.69, 9.17) is 9.72 Å². The quantitative estimate of drug-likeness (QED) is 0.822. The highest BCUT2D eigenvalue weighted by Gasteiger charge is 2.23. The molecule has 3 heterocycles. The van der Waals surface area contributed by atoms with Crippen molar-refractivity contribution in [1.82, 2.24) is 14.6 Å². The summed E-state index contributed by atoms with van der Waals surface area (Å²) in [5.74, 6) is 1.16. The van der Waals surface area contributed by atoms with Crippen molar-refractivity contribution >= 4 is 11.5 Å². The van der Waals surface area contributed by atoms with E-state index in [1.807, 2.05) is 16.8 Å². The van der Waals surface area contributed by atoms with Crippen LogP contribution in [0.25, 0.3) is 5.65 Å². The Labute approximate surface area is 132 Å². The molecule has 2 aromatic heterocycles. The monoisotopic (exact) mass is 302 g/mol. The summed E-state index contributed by atoms with van der Waals surface area (Å²) >= 11 is 0. The van der Waals surface area contributed by atoms with Crippen LogP contribution in [0, 0.1) is 0 Å². The lowest BCUT2D eigenvalue weighted by Crippen LogP contribution is -2.41. The third-order valence-electron chi connectivity index (χ3n) is 4.16. The van der Waals surface area contributed by atoms with Crippen LogP contribution in [0.1, 0.15) is 45.2 Å². The third-order valence-corrected chi connectivity index (χ3v) is 4.16. The van der Waals surface area contributed by atoms with E-state index in [1.165, 1.54) is 6.42 Å². The molecule has 22 heavy (non-hydrogen) atoms. The first-order valence-electron chi connectivity index (χ1n) is 8.52. The normalized spacial score (nSPS) is 19.0. The van der Waals surface area contributed by atoms with E-state index in [0.717, 1.165) is 62.5 Å². The van der Waals surface area contributed by atoms with E-state index < -0.39 is 0 Å². The molecule has 1 atom stereocenters. The van der Waals surface area contributed by atoms with Crippen molar-refractivity contribution in [3.8, 4) is 0 Å². The van der Waals surface area contributed by atoms with Crippen molar-refractivity contribution in [3.05, 3.63) is 24.0 Å². The average molecular weight is 302 g/mol. The number of hydrogen-bond acceptors (Lipinski definition) is 4. The summed E-state index contributed by atoms with van der Waals surface area (Å²) in [5, 5.41) is 4.45. The molecule has 0 N–H and O–H groups in total. The largest absolute Gasteiger partial charge is 0.376 e. The molecular formula is C17H26N4O. The van der Waals surface area contributed by atoms with Crippen LogP contribution in [-0.4, -0.2) is 40.4 Å². The zero-order valence-corrected chi connectivity index (χ0v) is 13.7. The topological polar surface area (TPSA) is 42.7 Å². The molecule has 5 heteroatoms. The predicted molar refractivity (Wildman–Crippen MR) is 88.5 cm³/mol. The van der Waals surface area contributed by atoms with Gasteiger partial charge in [-0.25, -0.2) is 4.98 Å². The number of anilines is 1. The highest BCUT2D eigenvalue weighted by molar-refractivity contribution is 5.51. The molecule has 2 aromatic rings. The van der Waals surface area contributed by atoms with Gasteiger partial charge in [0.2, 0.25) is 0 Å². The fourth-order valence-electron chi connectivity index (χ4n) is 3.12. The molecule has 0 aromatic carbocycles. The minimum Gasteiger partial charge on any atom is -0.376 e. The van der Waals surface area contributed by atoms with Crippen molar-refractivity contribution in [1.29, 1.82) is 0 Å². The van der Waals surface area contributed by atoms with E-state index in [2.05, 4.69) is 29.9 Å². The van der Waals surface area contributed by atoms with Crippen LogP contribution in [-0.2, 0) is 11.2 Å². The Hall–Kier alpha value is -1.62. The molecule has 0 amide bonds. The van der Waals surface area contributed by atoms with Gasteiger partial charge in [-0.15, -0.1) is 0 Å². The highest BCUT2D eigenvalue weighted by Crippen LogP contribution is 2.23. The number of ether oxygens (including phenoxy) is 1. The van der Waals surface area contributed by atoms with Crippen molar-refractivity contribution in [2.24, 2.45) is 0 Å². The first-order chi connectivity index (χ1) is 10.8. The summed E-state index contributed by atoms with van der Waals surface area (Å²) in [4.78, 5) is 7.10. The number of hydrogen-bond donors (Lipinski definition) is 0. The van der Waals surface area contributed by atoms with Gasteiger partial charge < -0.3 is 9.64 Å². The summed E-state index contributed by atoms with van der Waals surface area (Å²) < 4.78 is 7.93. The maximum absolute atomic E-state index is 5.97. The summed E-state index contributed by atoms with van der Waals surface area (Å²) in [7, 11) is 0. The van der Waals surface area contributed by atoms with Gasteiger partial charge in [0.25, 0.3) is 0 Å². The second-order valence-corrected chi connectivity index (χ2v) is 6.04. The molecule has 5 nitrogen and oxygen atoms in total. The van der Waals surface area contributed by atoms with Crippen molar-refractivity contribution in [2.75, 3.05) is 24.6 Å².